The molecule has 2 fully saturated rings. The van der Waals surface area contributed by atoms with Crippen molar-refractivity contribution in [3.8, 4) is 0 Å². The molecule has 2 heterocycles. The number of amides is 1. The minimum atomic E-state index is -0.0219. The van der Waals surface area contributed by atoms with E-state index in [-0.39, 0.29) is 11.4 Å². The average Bonchev–Trinajstić information content (AvgIpc) is 3.01. The van der Waals surface area contributed by atoms with Gasteiger partial charge in [-0.15, -0.1) is 0 Å². The summed E-state index contributed by atoms with van der Waals surface area (Å²) in [6.07, 6.45) is 9.53. The van der Waals surface area contributed by atoms with Crippen LogP contribution < -0.4 is 5.32 Å². The van der Waals surface area contributed by atoms with Crippen LogP contribution in [0, 0.1) is 0 Å². The monoisotopic (exact) mass is 306 g/mol. The molecule has 0 atom stereocenters. The summed E-state index contributed by atoms with van der Waals surface area (Å²) in [4.78, 5) is 14.9. The quantitative estimate of drug-likeness (QED) is 0.907. The first-order chi connectivity index (χ1) is 10.7. The summed E-state index contributed by atoms with van der Waals surface area (Å²) in [5, 5.41) is 7.21. The van der Waals surface area contributed by atoms with Crippen LogP contribution in [-0.2, 0) is 11.8 Å². The summed E-state index contributed by atoms with van der Waals surface area (Å²) in [5.41, 5.74) is 0.746. The van der Waals surface area contributed by atoms with Gasteiger partial charge in [-0.1, -0.05) is 19.3 Å². The number of aromatic nitrogens is 2. The van der Waals surface area contributed by atoms with Gasteiger partial charge in [-0.25, -0.2) is 0 Å². The number of nitrogens with one attached hydrogen (secondary N) is 1. The second-order valence-electron chi connectivity index (χ2n) is 6.47. The summed E-state index contributed by atoms with van der Waals surface area (Å²) in [6, 6.07) is 0. The first-order valence-corrected chi connectivity index (χ1v) is 8.29. The van der Waals surface area contributed by atoms with Crippen molar-refractivity contribution in [1.82, 2.24) is 20.0 Å². The van der Waals surface area contributed by atoms with Gasteiger partial charge in [-0.05, 0) is 12.8 Å². The van der Waals surface area contributed by atoms with E-state index < -0.39 is 0 Å². The summed E-state index contributed by atoms with van der Waals surface area (Å²) in [6.45, 7) is 4.28. The summed E-state index contributed by atoms with van der Waals surface area (Å²) in [5.74, 6) is -0.0219. The normalized spacial score (nSPS) is 22.4. The minimum Gasteiger partial charge on any atom is -0.379 e. The second-order valence-corrected chi connectivity index (χ2v) is 6.47. The van der Waals surface area contributed by atoms with Crippen molar-refractivity contribution in [1.29, 1.82) is 0 Å². The van der Waals surface area contributed by atoms with E-state index in [0.717, 1.165) is 32.8 Å². The number of ether oxygens (including phenoxy) is 1. The lowest BCUT2D eigenvalue weighted by Gasteiger charge is -2.48. The third-order valence-corrected chi connectivity index (χ3v) is 5.01. The standard InChI is InChI=1S/C16H26N4O2/c1-19-12-14(11-18-19)15(21)17-13-16(5-3-2-4-6-16)20-7-9-22-10-8-20/h11-12H,2-10,13H2,1H3,(H,17,21). The van der Waals surface area contributed by atoms with Crippen LogP contribution in [0.25, 0.3) is 0 Å². The van der Waals surface area contributed by atoms with E-state index in [0.29, 0.717) is 5.56 Å². The molecule has 0 unspecified atom stereocenters. The van der Waals surface area contributed by atoms with E-state index in [4.69, 9.17) is 4.74 Å². The third-order valence-electron chi connectivity index (χ3n) is 5.01. The molecule has 1 N–H and O–H groups in total. The van der Waals surface area contributed by atoms with Gasteiger partial charge in [0.1, 0.15) is 0 Å². The van der Waals surface area contributed by atoms with E-state index >= 15 is 0 Å². The summed E-state index contributed by atoms with van der Waals surface area (Å²) in [7, 11) is 1.83. The second kappa shape index (κ2) is 6.79. The van der Waals surface area contributed by atoms with Crippen LogP contribution in [-0.4, -0.2) is 59.0 Å². The number of nitrogens with zero attached hydrogens (tertiary/aromatic N) is 3. The number of rotatable bonds is 4. The smallest absolute Gasteiger partial charge is 0.254 e. The van der Waals surface area contributed by atoms with Crippen LogP contribution in [0.1, 0.15) is 42.5 Å². The van der Waals surface area contributed by atoms with Crippen LogP contribution in [0.4, 0.5) is 0 Å². The molecule has 3 rings (SSSR count). The van der Waals surface area contributed by atoms with Crippen molar-refractivity contribution in [2.75, 3.05) is 32.8 Å². The molecule has 22 heavy (non-hydrogen) atoms. The van der Waals surface area contributed by atoms with Gasteiger partial charge in [0.25, 0.3) is 5.91 Å². The van der Waals surface area contributed by atoms with Gasteiger partial charge >= 0.3 is 0 Å². The lowest BCUT2D eigenvalue weighted by Crippen LogP contribution is -2.59. The highest BCUT2D eigenvalue weighted by Crippen LogP contribution is 2.33. The fraction of sp³-hybridized carbons (Fsp3) is 0.750. The van der Waals surface area contributed by atoms with Crippen molar-refractivity contribution in [2.45, 2.75) is 37.6 Å². The zero-order chi connectivity index (χ0) is 15.4. The fourth-order valence-electron chi connectivity index (χ4n) is 3.74. The van der Waals surface area contributed by atoms with Crippen LogP contribution in [0.2, 0.25) is 0 Å². The van der Waals surface area contributed by atoms with Crippen molar-refractivity contribution in [3.63, 3.8) is 0 Å². The predicted molar refractivity (Wildman–Crippen MR) is 83.7 cm³/mol. The first-order valence-electron chi connectivity index (χ1n) is 8.29. The Kier molecular flexibility index (Phi) is 4.78. The number of hydrogen-bond acceptors (Lipinski definition) is 4. The Morgan fingerprint density at radius 1 is 1.32 bits per heavy atom. The molecule has 6 nitrogen and oxygen atoms in total. The summed E-state index contributed by atoms with van der Waals surface area (Å²) >= 11 is 0. The van der Waals surface area contributed by atoms with E-state index in [9.17, 15) is 4.79 Å². The third kappa shape index (κ3) is 3.33. The van der Waals surface area contributed by atoms with Crippen LogP contribution >= 0.6 is 0 Å². The number of hydrogen-bond donors (Lipinski definition) is 1. The van der Waals surface area contributed by atoms with Gasteiger partial charge in [0.05, 0.1) is 25.0 Å². The maximum absolute atomic E-state index is 12.3. The Hall–Kier alpha value is -1.40. The Bertz CT molecular complexity index is 502. The lowest BCUT2D eigenvalue weighted by atomic mass is 9.79. The summed E-state index contributed by atoms with van der Waals surface area (Å²) < 4.78 is 7.15. The molecule has 0 bridgehead atoms. The highest BCUT2D eigenvalue weighted by atomic mass is 16.5. The number of carbonyl (C=O) groups excluding carboxylic acids is 1. The van der Waals surface area contributed by atoms with Gasteiger partial charge in [0.2, 0.25) is 0 Å². The number of morpholine rings is 1. The van der Waals surface area contributed by atoms with E-state index in [2.05, 4.69) is 15.3 Å². The Morgan fingerprint density at radius 3 is 2.68 bits per heavy atom. The molecule has 122 valence electrons. The average molecular weight is 306 g/mol. The van der Waals surface area contributed by atoms with Crippen molar-refractivity contribution >= 4 is 5.91 Å². The van der Waals surface area contributed by atoms with Gasteiger partial charge in [-0.3, -0.25) is 14.4 Å². The molecule has 1 aliphatic carbocycles. The first kappa shape index (κ1) is 15.5. The van der Waals surface area contributed by atoms with Gasteiger partial charge in [0.15, 0.2) is 0 Å². The zero-order valence-electron chi connectivity index (χ0n) is 13.4. The number of aryl methyl sites for hydroxylation is 1. The van der Waals surface area contributed by atoms with Gasteiger partial charge in [-0.2, -0.15) is 5.10 Å². The maximum Gasteiger partial charge on any atom is 0.254 e. The molecule has 0 spiro atoms. The highest BCUT2D eigenvalue weighted by Gasteiger charge is 2.38. The minimum absolute atomic E-state index is 0.0219. The predicted octanol–water partition coefficient (Wildman–Crippen LogP) is 1.18. The van der Waals surface area contributed by atoms with Crippen LogP contribution in [0.3, 0.4) is 0 Å². The van der Waals surface area contributed by atoms with Crippen molar-refractivity contribution in [2.24, 2.45) is 7.05 Å². The van der Waals surface area contributed by atoms with Crippen molar-refractivity contribution in [3.05, 3.63) is 18.0 Å². The highest BCUT2D eigenvalue weighted by molar-refractivity contribution is 5.93. The maximum atomic E-state index is 12.3. The Morgan fingerprint density at radius 2 is 2.05 bits per heavy atom. The molecule has 2 aliphatic rings. The molecule has 6 heteroatoms. The Labute approximate surface area is 131 Å². The molecule has 1 saturated carbocycles. The molecule has 0 radical (unpaired) electrons. The SMILES string of the molecule is Cn1cc(C(=O)NCC2(N3CCOCC3)CCCCC2)cn1. The van der Waals surface area contributed by atoms with E-state index in [1.165, 1.54) is 32.1 Å². The molecule has 1 aromatic heterocycles. The molecule has 1 aromatic rings. The molecular formula is C16H26N4O2. The topological polar surface area (TPSA) is 59.4 Å². The van der Waals surface area contributed by atoms with Crippen LogP contribution in [0.15, 0.2) is 12.4 Å². The fourth-order valence-corrected chi connectivity index (χ4v) is 3.74. The van der Waals surface area contributed by atoms with Gasteiger partial charge in [0, 0.05) is 38.4 Å². The molecule has 1 amide bonds. The molecule has 0 aromatic carbocycles. The Balaban J connectivity index is 1.66. The van der Waals surface area contributed by atoms with Gasteiger partial charge < -0.3 is 10.1 Å². The van der Waals surface area contributed by atoms with E-state index in [1.54, 1.807) is 17.1 Å². The molecule has 1 saturated heterocycles. The van der Waals surface area contributed by atoms with Crippen molar-refractivity contribution < 1.29 is 9.53 Å². The van der Waals surface area contributed by atoms with E-state index in [1.807, 2.05) is 7.05 Å². The zero-order valence-corrected chi connectivity index (χ0v) is 13.4. The number of carbonyl (C=O) groups is 1. The lowest BCUT2D eigenvalue weighted by molar-refractivity contribution is -0.0361. The largest absolute Gasteiger partial charge is 0.379 e. The molecule has 1 aliphatic heterocycles. The van der Waals surface area contributed by atoms with Crippen LogP contribution in [0.5, 0.6) is 0 Å². The molecular weight excluding hydrogens is 280 g/mol.